The highest BCUT2D eigenvalue weighted by atomic mass is 127. The first-order chi connectivity index (χ1) is 15.4. The van der Waals surface area contributed by atoms with E-state index in [1.165, 1.54) is 51.4 Å². The Kier molecular flexibility index (Phi) is 15.2. The molecule has 3 rings (SSSR count). The lowest BCUT2D eigenvalue weighted by Gasteiger charge is -2.35. The number of likely N-dealkylation sites (tertiary alicyclic amines) is 2. The third-order valence-corrected chi connectivity index (χ3v) is 7.30. The molecule has 1 aromatic rings. The van der Waals surface area contributed by atoms with Crippen molar-refractivity contribution < 1.29 is 76.6 Å². The lowest BCUT2D eigenvalue weighted by atomic mass is 10.2. The van der Waals surface area contributed by atoms with Gasteiger partial charge in [0.2, 0.25) is 0 Å². The zero-order chi connectivity index (χ0) is 22.9. The number of rotatable bonds is 10. The summed E-state index contributed by atoms with van der Waals surface area (Å²) in [7, 11) is 4.51. The van der Waals surface area contributed by atoms with Crippen molar-refractivity contribution in [1.29, 1.82) is 0 Å². The Balaban J connectivity index is 0.00000289. The van der Waals surface area contributed by atoms with Gasteiger partial charge in [-0.3, -0.25) is 0 Å². The van der Waals surface area contributed by atoms with Crippen molar-refractivity contribution in [3.8, 4) is 11.5 Å². The number of hydrogen-bond donors (Lipinski definition) is 2. The van der Waals surface area contributed by atoms with E-state index >= 15 is 0 Å². The topological polar surface area (TPSA) is 58.9 Å². The zero-order valence-electron chi connectivity index (χ0n) is 21.1. The molecular formula is C26H46I2N2O4. The van der Waals surface area contributed by atoms with Crippen LogP contribution < -0.4 is 57.4 Å². The summed E-state index contributed by atoms with van der Waals surface area (Å²) in [5, 5.41) is 21.0. The summed E-state index contributed by atoms with van der Waals surface area (Å²) in [5.74, 6) is 1.47. The highest BCUT2D eigenvalue weighted by molar-refractivity contribution is 5.31. The van der Waals surface area contributed by atoms with Crippen LogP contribution in [0.5, 0.6) is 11.5 Å². The Hall–Kier alpha value is 0.120. The minimum absolute atomic E-state index is 0. The third-order valence-electron chi connectivity index (χ3n) is 7.30. The number of benzene rings is 1. The quantitative estimate of drug-likeness (QED) is 0.205. The molecular weight excluding hydrogens is 658 g/mol. The number of likely N-dealkylation sites (N-methyl/N-ethyl adjacent to an activating group) is 2. The minimum atomic E-state index is -0.465. The van der Waals surface area contributed by atoms with E-state index in [9.17, 15) is 10.2 Å². The van der Waals surface area contributed by atoms with Gasteiger partial charge in [0, 0.05) is 0 Å². The van der Waals surface area contributed by atoms with E-state index in [1.54, 1.807) is 0 Å². The second-order valence-electron chi connectivity index (χ2n) is 10.7. The van der Waals surface area contributed by atoms with Crippen LogP contribution in [0.2, 0.25) is 0 Å². The third kappa shape index (κ3) is 11.5. The Morgan fingerprint density at radius 2 is 0.912 bits per heavy atom. The van der Waals surface area contributed by atoms with E-state index < -0.39 is 12.2 Å². The van der Waals surface area contributed by atoms with E-state index in [1.807, 2.05) is 24.3 Å². The van der Waals surface area contributed by atoms with Crippen LogP contribution in [0.4, 0.5) is 0 Å². The summed E-state index contributed by atoms with van der Waals surface area (Å²) < 4.78 is 13.5. The molecule has 2 aliphatic rings. The largest absolute Gasteiger partial charge is 1.00 e. The summed E-state index contributed by atoms with van der Waals surface area (Å²) in [6, 6.07) is 7.50. The highest BCUT2D eigenvalue weighted by Gasteiger charge is 2.28. The fourth-order valence-electron chi connectivity index (χ4n) is 5.41. The summed E-state index contributed by atoms with van der Waals surface area (Å²) in [4.78, 5) is 0. The molecule has 2 fully saturated rings. The molecule has 198 valence electrons. The van der Waals surface area contributed by atoms with Crippen molar-refractivity contribution >= 4 is 0 Å². The predicted octanol–water partition coefficient (Wildman–Crippen LogP) is -2.78. The van der Waals surface area contributed by atoms with Crippen molar-refractivity contribution in [3.05, 3.63) is 24.3 Å². The number of nitrogens with zero attached hydrogens (tertiary/aromatic N) is 2. The number of hydrogen-bond acceptors (Lipinski definition) is 4. The number of halogens is 2. The van der Waals surface area contributed by atoms with Crippen molar-refractivity contribution in [2.75, 3.05) is 66.6 Å². The SMILES string of the molecule is C[N+]1(CC(O)COc2ccc(OCC(O)C[N+]3(C)CCCCCC3)cc2)CCCCCC1.[I-].[I-]. The van der Waals surface area contributed by atoms with Gasteiger partial charge < -0.3 is 76.6 Å². The first-order valence-electron chi connectivity index (χ1n) is 12.7. The molecule has 2 heterocycles. The summed E-state index contributed by atoms with van der Waals surface area (Å²) >= 11 is 0. The van der Waals surface area contributed by atoms with Gasteiger partial charge in [-0.1, -0.05) is 0 Å². The molecule has 2 N–H and O–H groups in total. The number of aliphatic hydroxyl groups excluding tert-OH is 2. The van der Waals surface area contributed by atoms with E-state index in [0.29, 0.717) is 13.2 Å². The van der Waals surface area contributed by atoms with Gasteiger partial charge in [-0.25, -0.2) is 0 Å². The minimum Gasteiger partial charge on any atom is -1.00 e. The predicted molar refractivity (Wildman–Crippen MR) is 128 cm³/mol. The van der Waals surface area contributed by atoms with Gasteiger partial charge in [0.1, 0.15) is 50.0 Å². The van der Waals surface area contributed by atoms with Crippen LogP contribution in [0, 0.1) is 0 Å². The zero-order valence-corrected chi connectivity index (χ0v) is 25.5. The first-order valence-corrected chi connectivity index (χ1v) is 12.7. The smallest absolute Gasteiger partial charge is 0.137 e. The number of ether oxygens (including phenoxy) is 2. The van der Waals surface area contributed by atoms with Crippen LogP contribution in [0.3, 0.4) is 0 Å². The van der Waals surface area contributed by atoms with Crippen LogP contribution in [-0.2, 0) is 0 Å². The molecule has 2 saturated heterocycles. The van der Waals surface area contributed by atoms with E-state index in [2.05, 4.69) is 14.1 Å². The average molecular weight is 704 g/mol. The molecule has 34 heavy (non-hydrogen) atoms. The van der Waals surface area contributed by atoms with Crippen molar-refractivity contribution in [2.24, 2.45) is 0 Å². The van der Waals surface area contributed by atoms with Gasteiger partial charge >= 0.3 is 0 Å². The van der Waals surface area contributed by atoms with Crippen molar-refractivity contribution in [2.45, 2.75) is 63.6 Å². The van der Waals surface area contributed by atoms with Gasteiger partial charge in [0.15, 0.2) is 0 Å². The highest BCUT2D eigenvalue weighted by Crippen LogP contribution is 2.21. The molecule has 2 atom stereocenters. The van der Waals surface area contributed by atoms with Gasteiger partial charge in [-0.2, -0.15) is 0 Å². The molecule has 6 nitrogen and oxygen atoms in total. The Morgan fingerprint density at radius 3 is 1.21 bits per heavy atom. The second-order valence-corrected chi connectivity index (χ2v) is 10.7. The maximum atomic E-state index is 10.5. The van der Waals surface area contributed by atoms with Crippen LogP contribution in [-0.4, -0.2) is 98.0 Å². The van der Waals surface area contributed by atoms with Crippen molar-refractivity contribution in [1.82, 2.24) is 0 Å². The van der Waals surface area contributed by atoms with Gasteiger partial charge in [0.25, 0.3) is 0 Å². The standard InChI is InChI=1S/C26H46N2O4.2HI/c1-27(15-7-3-4-8-16-27)19-23(29)21-31-25-11-13-26(14-12-25)32-22-24(30)20-28(2)17-9-5-6-10-18-28;;/h11-14,23-24,29-30H,3-10,15-22H2,1-2H3;2*1H/q+2;;/p-2. The number of aliphatic hydroxyl groups is 2. The Labute approximate surface area is 241 Å². The molecule has 0 amide bonds. The maximum absolute atomic E-state index is 10.5. The van der Waals surface area contributed by atoms with Gasteiger partial charge in [-0.05, 0) is 75.6 Å². The van der Waals surface area contributed by atoms with Gasteiger partial charge in [0.05, 0.1) is 40.3 Å². The van der Waals surface area contributed by atoms with Gasteiger partial charge in [-0.15, -0.1) is 0 Å². The Morgan fingerprint density at radius 1 is 0.618 bits per heavy atom. The first kappa shape index (κ1) is 32.1. The fourth-order valence-corrected chi connectivity index (χ4v) is 5.41. The van der Waals surface area contributed by atoms with Crippen LogP contribution in [0.1, 0.15) is 51.4 Å². The monoisotopic (exact) mass is 704 g/mol. The van der Waals surface area contributed by atoms with Crippen LogP contribution >= 0.6 is 0 Å². The van der Waals surface area contributed by atoms with E-state index in [0.717, 1.165) is 59.7 Å². The van der Waals surface area contributed by atoms with Crippen LogP contribution in [0.15, 0.2) is 24.3 Å². The molecule has 2 aliphatic heterocycles. The Bertz CT molecular complexity index is 604. The fraction of sp³-hybridized carbons (Fsp3) is 0.769. The molecule has 8 heteroatoms. The van der Waals surface area contributed by atoms with Crippen LogP contribution in [0.25, 0.3) is 0 Å². The summed E-state index contributed by atoms with van der Waals surface area (Å²) in [6.07, 6.45) is 9.30. The molecule has 2 unspecified atom stereocenters. The molecule has 0 aliphatic carbocycles. The summed E-state index contributed by atoms with van der Waals surface area (Å²) in [5.41, 5.74) is 0. The molecule has 0 saturated carbocycles. The van der Waals surface area contributed by atoms with Crippen molar-refractivity contribution in [3.63, 3.8) is 0 Å². The molecule has 0 spiro atoms. The molecule has 0 radical (unpaired) electrons. The molecule has 1 aromatic carbocycles. The van der Waals surface area contributed by atoms with E-state index in [-0.39, 0.29) is 48.0 Å². The normalized spacial score (nSPS) is 21.5. The second kappa shape index (κ2) is 16.1. The molecule has 0 bridgehead atoms. The summed E-state index contributed by atoms with van der Waals surface area (Å²) in [6.45, 7) is 6.69. The lowest BCUT2D eigenvalue weighted by Crippen LogP contribution is -3.00. The maximum Gasteiger partial charge on any atom is 0.137 e. The van der Waals surface area contributed by atoms with E-state index in [4.69, 9.17) is 9.47 Å². The number of quaternary nitrogens is 2. The molecule has 0 aromatic heterocycles. The average Bonchev–Trinajstić information content (AvgIpc) is 3.11. The lowest BCUT2D eigenvalue weighted by molar-refractivity contribution is -0.911.